The maximum atomic E-state index is 13.9. The van der Waals surface area contributed by atoms with Gasteiger partial charge in [0.25, 0.3) is 0 Å². The number of benzene rings is 2. The molecular formula is C42H48N10O6. The molecule has 4 aliphatic rings. The van der Waals surface area contributed by atoms with Crippen LogP contribution in [0.25, 0.3) is 44.6 Å². The van der Waals surface area contributed by atoms with Crippen molar-refractivity contribution in [3.63, 3.8) is 0 Å². The number of rotatable bonds is 10. The number of methoxy groups -OCH3 is 2. The molecule has 0 radical (unpaired) electrons. The molecule has 302 valence electrons. The minimum absolute atomic E-state index is 0.111. The van der Waals surface area contributed by atoms with E-state index < -0.39 is 24.3 Å². The first-order valence-electron chi connectivity index (χ1n) is 20.1. The summed E-state index contributed by atoms with van der Waals surface area (Å²) < 4.78 is 9.60. The Labute approximate surface area is 334 Å². The second kappa shape index (κ2) is 14.4. The molecule has 16 nitrogen and oxygen atoms in total. The van der Waals surface area contributed by atoms with E-state index in [1.807, 2.05) is 67.8 Å². The molecule has 1 unspecified atom stereocenters. The van der Waals surface area contributed by atoms with Gasteiger partial charge in [-0.2, -0.15) is 0 Å². The number of aromatic nitrogens is 6. The number of imidazole rings is 2. The molecule has 16 heteroatoms. The number of amides is 4. The van der Waals surface area contributed by atoms with E-state index in [2.05, 4.69) is 26.7 Å². The standard InChI is InChI=1S/C42H48N10O6/c1-19(2)35(49-41(55)57-5)39(53)51-31-13-23(31)15-33(51)37-44-18-30(48-37)29-17-43-27-11-21(7-9-25(27)45-29)22-8-10-26-28(12-22)47-38(46-26)34-16-24-14-32(24)52(34)40(54)36(20(3)4)50-42(56)58-6/h7-12,17-20,23-24,31-36H,13-16H2,1-6H3,(H,44,48)(H,46,47)(H,49,55)(H,50,56)/t23-,24-,31-,32-,33+,34?,35+,36+/m1/s1. The predicted molar refractivity (Wildman–Crippen MR) is 213 cm³/mol. The number of carbonyl (C=O) groups excluding carboxylic acids is 4. The molecule has 2 saturated carbocycles. The van der Waals surface area contributed by atoms with Crippen molar-refractivity contribution in [1.29, 1.82) is 0 Å². The summed E-state index contributed by atoms with van der Waals surface area (Å²) in [5.41, 5.74) is 6.42. The average molecular weight is 789 g/mol. The zero-order valence-electron chi connectivity index (χ0n) is 33.4. The number of hydrogen-bond acceptors (Lipinski definition) is 10. The van der Waals surface area contributed by atoms with Crippen LogP contribution >= 0.6 is 0 Å². The number of nitrogens with one attached hydrogen (secondary N) is 4. The highest BCUT2D eigenvalue weighted by atomic mass is 16.5. The molecule has 4 fully saturated rings. The van der Waals surface area contributed by atoms with Gasteiger partial charge in [-0.3, -0.25) is 14.6 Å². The first-order chi connectivity index (χ1) is 27.9. The summed E-state index contributed by atoms with van der Waals surface area (Å²) in [5.74, 6) is 1.80. The normalized spacial score (nSPS) is 24.1. The van der Waals surface area contributed by atoms with Gasteiger partial charge in [-0.1, -0.05) is 39.8 Å². The molecule has 0 spiro atoms. The second-order valence-corrected chi connectivity index (χ2v) is 16.8. The molecule has 9 rings (SSSR count). The molecule has 58 heavy (non-hydrogen) atoms. The summed E-state index contributed by atoms with van der Waals surface area (Å²) >= 11 is 0. The molecular weight excluding hydrogens is 741 g/mol. The summed E-state index contributed by atoms with van der Waals surface area (Å²) in [6, 6.07) is 10.5. The lowest BCUT2D eigenvalue weighted by atomic mass is 10.0. The number of alkyl carbamates (subject to hydrolysis) is 2. The Hall–Kier alpha value is -6.06. The van der Waals surface area contributed by atoms with Crippen LogP contribution in [0.2, 0.25) is 0 Å². The highest BCUT2D eigenvalue weighted by molar-refractivity contribution is 5.89. The van der Waals surface area contributed by atoms with Gasteiger partial charge >= 0.3 is 12.2 Å². The molecule has 2 saturated heterocycles. The first kappa shape index (κ1) is 37.5. The monoisotopic (exact) mass is 788 g/mol. The van der Waals surface area contributed by atoms with E-state index in [4.69, 9.17) is 29.4 Å². The third-order valence-electron chi connectivity index (χ3n) is 12.4. The highest BCUT2D eigenvalue weighted by Gasteiger charge is 2.57. The van der Waals surface area contributed by atoms with E-state index in [-0.39, 0.29) is 47.8 Å². The minimum Gasteiger partial charge on any atom is -0.453 e. The maximum absolute atomic E-state index is 13.9. The zero-order valence-corrected chi connectivity index (χ0v) is 33.4. The summed E-state index contributed by atoms with van der Waals surface area (Å²) in [7, 11) is 2.59. The Kier molecular flexibility index (Phi) is 9.31. The van der Waals surface area contributed by atoms with Gasteiger partial charge in [0.2, 0.25) is 11.8 Å². The lowest BCUT2D eigenvalue weighted by Gasteiger charge is -2.31. The number of carbonyl (C=O) groups is 4. The van der Waals surface area contributed by atoms with Crippen molar-refractivity contribution < 1.29 is 28.7 Å². The smallest absolute Gasteiger partial charge is 0.407 e. The van der Waals surface area contributed by atoms with E-state index in [0.29, 0.717) is 29.0 Å². The Morgan fingerprint density at radius 3 is 1.83 bits per heavy atom. The Morgan fingerprint density at radius 1 is 0.672 bits per heavy atom. The van der Waals surface area contributed by atoms with Crippen molar-refractivity contribution in [2.75, 3.05) is 14.2 Å². The second-order valence-electron chi connectivity index (χ2n) is 16.8. The van der Waals surface area contributed by atoms with Crippen molar-refractivity contribution in [2.24, 2.45) is 23.7 Å². The molecule has 2 aliphatic heterocycles. The van der Waals surface area contributed by atoms with Gasteiger partial charge in [0.15, 0.2) is 0 Å². The molecule has 3 aromatic heterocycles. The summed E-state index contributed by atoms with van der Waals surface area (Å²) in [6.45, 7) is 7.64. The molecule has 5 aromatic rings. The third-order valence-corrected chi connectivity index (χ3v) is 12.4. The fourth-order valence-electron chi connectivity index (χ4n) is 9.08. The fourth-order valence-corrected chi connectivity index (χ4v) is 9.08. The van der Waals surface area contributed by atoms with Gasteiger partial charge in [-0.25, -0.2) is 24.5 Å². The molecule has 0 bridgehead atoms. The maximum Gasteiger partial charge on any atom is 0.407 e. The fraction of sp³-hybridized carbons (Fsp3) is 0.476. The highest BCUT2D eigenvalue weighted by Crippen LogP contribution is 2.54. The lowest BCUT2D eigenvalue weighted by molar-refractivity contribution is -0.137. The van der Waals surface area contributed by atoms with Crippen molar-refractivity contribution in [1.82, 2.24) is 50.3 Å². The number of H-pyrrole nitrogens is 2. The van der Waals surface area contributed by atoms with E-state index in [0.717, 1.165) is 64.7 Å². The SMILES string of the molecule is COC(=O)N[C@H](C(=O)N1C(c2nc3ccc(-c4ccc5nc(-c6cnc([C@@H]7C[C@H]8C[C@H]8N7C(=O)[C@@H](NC(=O)OC)C(C)C)[nH]6)cnc5c4)cc3[nH]2)C[C@H]2C[C@H]21)C(C)C. The van der Waals surface area contributed by atoms with Gasteiger partial charge in [0.1, 0.15) is 29.4 Å². The molecule has 2 aliphatic carbocycles. The minimum atomic E-state index is -0.703. The van der Waals surface area contributed by atoms with Crippen LogP contribution in [0.5, 0.6) is 0 Å². The van der Waals surface area contributed by atoms with Crippen LogP contribution in [0.3, 0.4) is 0 Å². The van der Waals surface area contributed by atoms with Crippen LogP contribution in [0, 0.1) is 23.7 Å². The molecule has 4 amide bonds. The Bertz CT molecular complexity index is 2440. The van der Waals surface area contributed by atoms with E-state index in [1.54, 1.807) is 12.4 Å². The Morgan fingerprint density at radius 2 is 1.24 bits per heavy atom. The molecule has 4 N–H and O–H groups in total. The number of hydrogen-bond donors (Lipinski definition) is 4. The van der Waals surface area contributed by atoms with Crippen molar-refractivity contribution in [2.45, 2.75) is 89.6 Å². The quantitative estimate of drug-likeness (QED) is 0.137. The topological polar surface area (TPSA) is 200 Å². The van der Waals surface area contributed by atoms with Gasteiger partial charge < -0.3 is 39.9 Å². The van der Waals surface area contributed by atoms with Crippen LogP contribution in [-0.2, 0) is 19.1 Å². The summed E-state index contributed by atoms with van der Waals surface area (Å²) in [4.78, 5) is 81.9. The number of nitrogens with zero attached hydrogens (tertiary/aromatic N) is 6. The van der Waals surface area contributed by atoms with Crippen LogP contribution in [0.4, 0.5) is 9.59 Å². The van der Waals surface area contributed by atoms with Crippen molar-refractivity contribution in [3.05, 3.63) is 60.4 Å². The van der Waals surface area contributed by atoms with E-state index >= 15 is 0 Å². The van der Waals surface area contributed by atoms with Crippen molar-refractivity contribution in [3.8, 4) is 22.5 Å². The van der Waals surface area contributed by atoms with Crippen LogP contribution in [-0.4, -0.2) is 102 Å². The van der Waals surface area contributed by atoms with Crippen LogP contribution in [0.1, 0.15) is 77.1 Å². The van der Waals surface area contributed by atoms with Gasteiger partial charge in [0, 0.05) is 12.1 Å². The first-order valence-corrected chi connectivity index (χ1v) is 20.1. The number of fused-ring (bicyclic) bond motifs is 4. The van der Waals surface area contributed by atoms with Crippen molar-refractivity contribution >= 4 is 46.1 Å². The number of piperidine rings is 2. The van der Waals surface area contributed by atoms with Gasteiger partial charge in [-0.05, 0) is 84.7 Å². The van der Waals surface area contributed by atoms with Crippen LogP contribution < -0.4 is 10.6 Å². The van der Waals surface area contributed by atoms with Crippen LogP contribution in [0.15, 0.2) is 48.8 Å². The van der Waals surface area contributed by atoms with Gasteiger partial charge in [0.05, 0.1) is 66.5 Å². The van der Waals surface area contributed by atoms with E-state index in [1.165, 1.54) is 14.2 Å². The number of aromatic amines is 2. The lowest BCUT2D eigenvalue weighted by Crippen LogP contribution is -2.52. The molecule has 5 heterocycles. The predicted octanol–water partition coefficient (Wildman–Crippen LogP) is 5.65. The molecule has 8 atom stereocenters. The number of likely N-dealkylation sites (tertiary alicyclic amines) is 2. The third kappa shape index (κ3) is 6.67. The number of ether oxygens (including phenoxy) is 2. The van der Waals surface area contributed by atoms with Gasteiger partial charge in [-0.15, -0.1) is 0 Å². The summed E-state index contributed by atoms with van der Waals surface area (Å²) in [6.07, 6.45) is 5.76. The average Bonchev–Trinajstić information content (AvgIpc) is 3.84. The molecule has 2 aromatic carbocycles. The largest absolute Gasteiger partial charge is 0.453 e. The van der Waals surface area contributed by atoms with E-state index in [9.17, 15) is 19.2 Å². The zero-order chi connectivity index (χ0) is 40.6. The summed E-state index contributed by atoms with van der Waals surface area (Å²) in [5, 5.41) is 5.46. The Balaban J connectivity index is 0.923.